The van der Waals surface area contributed by atoms with Crippen molar-refractivity contribution >= 4 is 11.5 Å². The van der Waals surface area contributed by atoms with Crippen LogP contribution in [0.15, 0.2) is 24.4 Å². The van der Waals surface area contributed by atoms with Crippen molar-refractivity contribution in [2.45, 2.75) is 24.7 Å². The first kappa shape index (κ1) is 12.2. The molecule has 3 rings (SSSR count). The van der Waals surface area contributed by atoms with Crippen LogP contribution >= 0.6 is 0 Å². The lowest BCUT2D eigenvalue weighted by molar-refractivity contribution is 0.0596. The Bertz CT molecular complexity index is 623. The molecule has 2 aromatic heterocycles. The van der Waals surface area contributed by atoms with Crippen LogP contribution in [0.3, 0.4) is 0 Å². The molecule has 2 aromatic rings. The van der Waals surface area contributed by atoms with E-state index in [-0.39, 0.29) is 5.41 Å². The van der Waals surface area contributed by atoms with Gasteiger partial charge in [-0.3, -0.25) is 0 Å². The Labute approximate surface area is 111 Å². The first-order valence-electron chi connectivity index (χ1n) is 6.48. The number of carbonyl (C=O) groups excluding carboxylic acids is 1. The highest BCUT2D eigenvalue weighted by molar-refractivity contribution is 5.95. The second kappa shape index (κ2) is 4.35. The lowest BCUT2D eigenvalue weighted by Gasteiger charge is -2.39. The SMILES string of the molecule is COC(=O)c1nc(C2(CN)CCC2)n2ccccc12. The number of nitrogens with zero attached hydrogens (tertiary/aromatic N) is 2. The number of methoxy groups -OCH3 is 1. The summed E-state index contributed by atoms with van der Waals surface area (Å²) < 4.78 is 6.78. The third-order valence-electron chi connectivity index (χ3n) is 4.10. The molecule has 100 valence electrons. The molecule has 0 saturated heterocycles. The van der Waals surface area contributed by atoms with Gasteiger partial charge in [-0.05, 0) is 25.0 Å². The van der Waals surface area contributed by atoms with E-state index in [1.807, 2.05) is 28.8 Å². The maximum absolute atomic E-state index is 11.8. The van der Waals surface area contributed by atoms with Gasteiger partial charge in [-0.25, -0.2) is 9.78 Å². The third kappa shape index (κ3) is 1.65. The van der Waals surface area contributed by atoms with Crippen molar-refractivity contribution in [1.82, 2.24) is 9.38 Å². The number of nitrogens with two attached hydrogens (primary N) is 1. The van der Waals surface area contributed by atoms with Gasteiger partial charge >= 0.3 is 5.97 Å². The summed E-state index contributed by atoms with van der Waals surface area (Å²) in [6.07, 6.45) is 5.14. The number of pyridine rings is 1. The first-order chi connectivity index (χ1) is 9.22. The van der Waals surface area contributed by atoms with Crippen molar-refractivity contribution in [2.75, 3.05) is 13.7 Å². The van der Waals surface area contributed by atoms with Crippen LogP contribution in [0.25, 0.3) is 5.52 Å². The number of hydrogen-bond donors (Lipinski definition) is 1. The molecule has 0 aliphatic heterocycles. The van der Waals surface area contributed by atoms with Gasteiger partial charge in [-0.15, -0.1) is 0 Å². The molecule has 0 aromatic carbocycles. The van der Waals surface area contributed by atoms with E-state index in [1.165, 1.54) is 7.11 Å². The largest absolute Gasteiger partial charge is 0.464 e. The van der Waals surface area contributed by atoms with Gasteiger partial charge in [0.2, 0.25) is 0 Å². The smallest absolute Gasteiger partial charge is 0.358 e. The predicted molar refractivity (Wildman–Crippen MR) is 71.1 cm³/mol. The zero-order valence-electron chi connectivity index (χ0n) is 10.9. The quantitative estimate of drug-likeness (QED) is 0.848. The summed E-state index contributed by atoms with van der Waals surface area (Å²) in [6, 6.07) is 5.71. The minimum atomic E-state index is -0.401. The topological polar surface area (TPSA) is 69.6 Å². The van der Waals surface area contributed by atoms with E-state index < -0.39 is 5.97 Å². The molecule has 0 amide bonds. The molecule has 2 heterocycles. The van der Waals surface area contributed by atoms with Gasteiger partial charge in [-0.2, -0.15) is 0 Å². The van der Waals surface area contributed by atoms with E-state index in [2.05, 4.69) is 4.98 Å². The fraction of sp³-hybridized carbons (Fsp3) is 0.429. The number of carbonyl (C=O) groups is 1. The van der Waals surface area contributed by atoms with Gasteiger partial charge in [0.05, 0.1) is 12.6 Å². The summed E-state index contributed by atoms with van der Waals surface area (Å²) in [6.45, 7) is 0.557. The summed E-state index contributed by atoms with van der Waals surface area (Å²) in [5, 5.41) is 0. The minimum Gasteiger partial charge on any atom is -0.464 e. The van der Waals surface area contributed by atoms with E-state index in [4.69, 9.17) is 10.5 Å². The van der Waals surface area contributed by atoms with E-state index in [1.54, 1.807) is 0 Å². The number of rotatable bonds is 3. The number of hydrogen-bond acceptors (Lipinski definition) is 4. The zero-order chi connectivity index (χ0) is 13.5. The Morgan fingerprint density at radius 2 is 2.32 bits per heavy atom. The van der Waals surface area contributed by atoms with Crippen molar-refractivity contribution in [3.8, 4) is 0 Å². The van der Waals surface area contributed by atoms with Crippen molar-refractivity contribution in [3.05, 3.63) is 35.9 Å². The Morgan fingerprint density at radius 1 is 1.53 bits per heavy atom. The first-order valence-corrected chi connectivity index (χ1v) is 6.48. The van der Waals surface area contributed by atoms with Gasteiger partial charge in [0.25, 0.3) is 0 Å². The third-order valence-corrected chi connectivity index (χ3v) is 4.10. The molecular weight excluding hydrogens is 242 g/mol. The monoisotopic (exact) mass is 259 g/mol. The molecule has 1 fully saturated rings. The van der Waals surface area contributed by atoms with Crippen molar-refractivity contribution in [3.63, 3.8) is 0 Å². The van der Waals surface area contributed by atoms with Crippen LogP contribution < -0.4 is 5.73 Å². The number of ether oxygens (including phenoxy) is 1. The molecule has 5 nitrogen and oxygen atoms in total. The molecule has 19 heavy (non-hydrogen) atoms. The summed E-state index contributed by atoms with van der Waals surface area (Å²) in [7, 11) is 1.37. The Kier molecular flexibility index (Phi) is 2.78. The fourth-order valence-electron chi connectivity index (χ4n) is 2.78. The molecule has 0 atom stereocenters. The highest BCUT2D eigenvalue weighted by atomic mass is 16.5. The van der Waals surface area contributed by atoms with Gasteiger partial charge in [0.1, 0.15) is 5.82 Å². The summed E-state index contributed by atoms with van der Waals surface area (Å²) in [4.78, 5) is 16.4. The molecule has 2 N–H and O–H groups in total. The molecule has 0 radical (unpaired) electrons. The summed E-state index contributed by atoms with van der Waals surface area (Å²) in [5.41, 5.74) is 7.01. The second-order valence-corrected chi connectivity index (χ2v) is 5.07. The van der Waals surface area contributed by atoms with Crippen LogP contribution in [0.5, 0.6) is 0 Å². The standard InChI is InChI=1S/C14H17N3O2/c1-19-12(18)11-10-5-2-3-8-17(10)13(16-11)14(9-15)6-4-7-14/h2-3,5,8H,4,6-7,9,15H2,1H3. The van der Waals surface area contributed by atoms with Crippen LogP contribution in [0.1, 0.15) is 35.6 Å². The maximum Gasteiger partial charge on any atom is 0.358 e. The minimum absolute atomic E-state index is 0.0868. The second-order valence-electron chi connectivity index (χ2n) is 5.07. The molecular formula is C14H17N3O2. The van der Waals surface area contributed by atoms with Crippen LogP contribution in [0, 0.1) is 0 Å². The fourth-order valence-corrected chi connectivity index (χ4v) is 2.78. The van der Waals surface area contributed by atoms with E-state index in [0.29, 0.717) is 12.2 Å². The number of fused-ring (bicyclic) bond motifs is 1. The average Bonchev–Trinajstić information content (AvgIpc) is 2.78. The van der Waals surface area contributed by atoms with E-state index >= 15 is 0 Å². The average molecular weight is 259 g/mol. The summed E-state index contributed by atoms with van der Waals surface area (Å²) in [5.74, 6) is 0.485. The molecule has 0 bridgehead atoms. The summed E-state index contributed by atoms with van der Waals surface area (Å²) >= 11 is 0. The van der Waals surface area contributed by atoms with Crippen molar-refractivity contribution in [2.24, 2.45) is 5.73 Å². The number of imidazole rings is 1. The van der Waals surface area contributed by atoms with Crippen LogP contribution in [0.2, 0.25) is 0 Å². The highest BCUT2D eigenvalue weighted by Crippen LogP contribution is 2.42. The predicted octanol–water partition coefficient (Wildman–Crippen LogP) is 1.50. The van der Waals surface area contributed by atoms with Crippen LogP contribution in [0.4, 0.5) is 0 Å². The molecule has 0 unspecified atom stereocenters. The van der Waals surface area contributed by atoms with E-state index in [0.717, 1.165) is 30.6 Å². The Morgan fingerprint density at radius 3 is 2.89 bits per heavy atom. The molecule has 5 heteroatoms. The van der Waals surface area contributed by atoms with Crippen LogP contribution in [-0.4, -0.2) is 29.0 Å². The van der Waals surface area contributed by atoms with Gasteiger partial charge in [-0.1, -0.05) is 12.5 Å². The molecule has 1 aliphatic rings. The van der Waals surface area contributed by atoms with Crippen LogP contribution in [-0.2, 0) is 10.2 Å². The van der Waals surface area contributed by atoms with Gasteiger partial charge < -0.3 is 14.9 Å². The molecule has 1 aliphatic carbocycles. The molecule has 1 saturated carbocycles. The number of aromatic nitrogens is 2. The van der Waals surface area contributed by atoms with Gasteiger partial charge in [0.15, 0.2) is 5.69 Å². The zero-order valence-corrected chi connectivity index (χ0v) is 10.9. The van der Waals surface area contributed by atoms with Crippen molar-refractivity contribution in [1.29, 1.82) is 0 Å². The number of esters is 1. The van der Waals surface area contributed by atoms with Crippen molar-refractivity contribution < 1.29 is 9.53 Å². The van der Waals surface area contributed by atoms with E-state index in [9.17, 15) is 4.79 Å². The Hall–Kier alpha value is -1.88. The highest BCUT2D eigenvalue weighted by Gasteiger charge is 2.41. The maximum atomic E-state index is 11.8. The normalized spacial score (nSPS) is 17.2. The Balaban J connectivity index is 2.23. The van der Waals surface area contributed by atoms with Gasteiger partial charge in [0, 0.05) is 18.2 Å². The lowest BCUT2D eigenvalue weighted by atomic mass is 9.68. The lowest BCUT2D eigenvalue weighted by Crippen LogP contribution is -2.43. The molecule has 0 spiro atoms.